The van der Waals surface area contributed by atoms with Crippen molar-refractivity contribution in [3.05, 3.63) is 85.2 Å². The number of rotatable bonds is 6. The van der Waals surface area contributed by atoms with Crippen molar-refractivity contribution in [1.82, 2.24) is 14.3 Å². The smallest absolute Gasteiger partial charge is 0.277 e. The topological polar surface area (TPSA) is 136 Å². The van der Waals surface area contributed by atoms with E-state index in [2.05, 4.69) is 38.5 Å². The fourth-order valence-electron chi connectivity index (χ4n) is 3.76. The highest BCUT2D eigenvalue weighted by Gasteiger charge is 2.26. The molecule has 0 bridgehead atoms. The molecule has 4 rings (SSSR count). The molecule has 0 radical (unpaired) electrons. The van der Waals surface area contributed by atoms with Crippen molar-refractivity contribution in [2.24, 2.45) is 0 Å². The molecule has 176 valence electrons. The zero-order chi connectivity index (χ0) is 24.2. The van der Waals surface area contributed by atoms with Crippen LogP contribution in [0.3, 0.4) is 0 Å². The lowest BCUT2D eigenvalue weighted by Gasteiger charge is -2.21. The number of hydrogen-bond donors (Lipinski definition) is 0. The summed E-state index contributed by atoms with van der Waals surface area (Å²) in [6, 6.07) is 11.2. The molecule has 1 amide bonds. The summed E-state index contributed by atoms with van der Waals surface area (Å²) in [7, 11) is 0. The van der Waals surface area contributed by atoms with Gasteiger partial charge in [-0.2, -0.15) is 4.37 Å². The van der Waals surface area contributed by atoms with E-state index in [9.17, 15) is 25.0 Å². The molecule has 0 N–H and O–H groups in total. The first kappa shape index (κ1) is 23.2. The number of benzene rings is 2. The zero-order valence-corrected chi connectivity index (χ0v) is 19.2. The van der Waals surface area contributed by atoms with Crippen molar-refractivity contribution in [3.8, 4) is 0 Å². The molecule has 34 heavy (non-hydrogen) atoms. The second-order valence-electron chi connectivity index (χ2n) is 8.04. The summed E-state index contributed by atoms with van der Waals surface area (Å²) in [6.45, 7) is 4.03. The summed E-state index contributed by atoms with van der Waals surface area (Å²) < 4.78 is 4.47. The molecule has 12 heteroatoms. The van der Waals surface area contributed by atoms with Crippen LogP contribution in [0.4, 0.5) is 16.5 Å². The van der Waals surface area contributed by atoms with E-state index >= 15 is 0 Å². The van der Waals surface area contributed by atoms with Crippen LogP contribution in [0.25, 0.3) is 0 Å². The lowest BCUT2D eigenvalue weighted by atomic mass is 10.1. The Hall–Kier alpha value is -3.93. The van der Waals surface area contributed by atoms with Gasteiger partial charge in [0.15, 0.2) is 0 Å². The van der Waals surface area contributed by atoms with Gasteiger partial charge in [-0.05, 0) is 18.9 Å². The monoisotopic (exact) mass is 482 g/mol. The Balaban J connectivity index is 1.44. The Labute approximate surface area is 199 Å². The van der Waals surface area contributed by atoms with Crippen LogP contribution in [0.2, 0.25) is 0 Å². The number of aromatic nitrogens is 2. The fraction of sp³-hybridized carbons (Fsp3) is 0.318. The van der Waals surface area contributed by atoms with Crippen LogP contribution in [0.15, 0.2) is 42.5 Å². The highest BCUT2D eigenvalue weighted by atomic mass is 32.1. The molecule has 0 atom stereocenters. The molecular formula is C22H22N6O5S. The first-order valence-electron chi connectivity index (χ1n) is 10.7. The van der Waals surface area contributed by atoms with Crippen LogP contribution in [0, 0.1) is 27.2 Å². The number of carbonyl (C=O) groups is 1. The van der Waals surface area contributed by atoms with Crippen LogP contribution in [-0.2, 0) is 6.42 Å². The third-order valence-corrected chi connectivity index (χ3v) is 6.38. The minimum Gasteiger partial charge on any atom is -0.345 e. The predicted molar refractivity (Wildman–Crippen MR) is 126 cm³/mol. The van der Waals surface area contributed by atoms with Crippen molar-refractivity contribution in [2.45, 2.75) is 19.8 Å². The Kier molecular flexibility index (Phi) is 6.77. The molecule has 2 aromatic carbocycles. The molecular weight excluding hydrogens is 460 g/mol. The Morgan fingerprint density at radius 2 is 1.68 bits per heavy atom. The van der Waals surface area contributed by atoms with Gasteiger partial charge in [0.05, 0.1) is 21.5 Å². The normalized spacial score (nSPS) is 14.0. The van der Waals surface area contributed by atoms with E-state index in [0.717, 1.165) is 34.7 Å². The van der Waals surface area contributed by atoms with Gasteiger partial charge in [0.1, 0.15) is 5.82 Å². The standard InChI is InChI=1S/C22H22N6O5S/c1-15-3-5-16(6-4-15)11-20-23-22(34-24-20)26-8-2-7-25(9-10-26)21(29)17-12-18(27(30)31)14-19(13-17)28(32)33/h3-6,12-14H,2,7-11H2,1H3. The summed E-state index contributed by atoms with van der Waals surface area (Å²) in [5, 5.41) is 23.1. The van der Waals surface area contributed by atoms with Crippen LogP contribution in [0.5, 0.6) is 0 Å². The molecule has 1 aromatic heterocycles. The maximum atomic E-state index is 13.0. The summed E-state index contributed by atoms with van der Waals surface area (Å²) in [6.07, 6.45) is 1.30. The van der Waals surface area contributed by atoms with Gasteiger partial charge in [-0.15, -0.1) is 0 Å². The van der Waals surface area contributed by atoms with Gasteiger partial charge >= 0.3 is 0 Å². The van der Waals surface area contributed by atoms with Crippen LogP contribution in [-0.4, -0.2) is 56.2 Å². The number of nitrogens with zero attached hydrogens (tertiary/aromatic N) is 6. The first-order chi connectivity index (χ1) is 16.3. The molecule has 1 aliphatic rings. The predicted octanol–water partition coefficient (Wildman–Crippen LogP) is 3.61. The lowest BCUT2D eigenvalue weighted by Crippen LogP contribution is -2.35. The minimum atomic E-state index is -0.738. The number of nitro groups is 2. The van der Waals surface area contributed by atoms with E-state index in [1.807, 2.05) is 6.92 Å². The SMILES string of the molecule is Cc1ccc(Cc2nsc(N3CCCN(C(=O)c4cc([N+](=O)[O-])cc([N+](=O)[O-])c4)CC3)n2)cc1. The largest absolute Gasteiger partial charge is 0.345 e. The van der Waals surface area contributed by atoms with Crippen molar-refractivity contribution >= 4 is 33.9 Å². The minimum absolute atomic E-state index is 0.0642. The average molecular weight is 483 g/mol. The van der Waals surface area contributed by atoms with Gasteiger partial charge in [0.2, 0.25) is 5.13 Å². The summed E-state index contributed by atoms with van der Waals surface area (Å²) in [5.41, 5.74) is 1.30. The Morgan fingerprint density at radius 3 is 2.32 bits per heavy atom. The molecule has 3 aromatic rings. The van der Waals surface area contributed by atoms with Crippen molar-refractivity contribution in [3.63, 3.8) is 0 Å². The van der Waals surface area contributed by atoms with E-state index in [-0.39, 0.29) is 5.56 Å². The lowest BCUT2D eigenvalue weighted by molar-refractivity contribution is -0.394. The second kappa shape index (κ2) is 9.91. The molecule has 0 aliphatic carbocycles. The fourth-order valence-corrected chi connectivity index (χ4v) is 4.49. The summed E-state index contributed by atoms with van der Waals surface area (Å²) >= 11 is 1.32. The number of amides is 1. The van der Waals surface area contributed by atoms with Crippen LogP contribution >= 0.6 is 11.5 Å². The van der Waals surface area contributed by atoms with E-state index < -0.39 is 27.1 Å². The first-order valence-corrected chi connectivity index (χ1v) is 11.4. The van der Waals surface area contributed by atoms with Crippen molar-refractivity contribution in [1.29, 1.82) is 0 Å². The van der Waals surface area contributed by atoms with Gasteiger partial charge in [-0.3, -0.25) is 25.0 Å². The number of anilines is 1. The average Bonchev–Trinajstić information content (AvgIpc) is 3.14. The van der Waals surface area contributed by atoms with Crippen LogP contribution in [0.1, 0.15) is 33.7 Å². The van der Waals surface area contributed by atoms with E-state index in [4.69, 9.17) is 0 Å². The van der Waals surface area contributed by atoms with E-state index in [0.29, 0.717) is 39.0 Å². The maximum absolute atomic E-state index is 13.0. The highest BCUT2D eigenvalue weighted by Crippen LogP contribution is 2.25. The van der Waals surface area contributed by atoms with E-state index in [1.165, 1.54) is 17.1 Å². The van der Waals surface area contributed by atoms with Gasteiger partial charge in [-0.1, -0.05) is 29.8 Å². The number of non-ortho nitro benzene ring substituents is 2. The molecule has 0 saturated carbocycles. The third-order valence-electron chi connectivity index (χ3n) is 5.56. The van der Waals surface area contributed by atoms with E-state index in [1.54, 1.807) is 4.90 Å². The molecule has 1 saturated heterocycles. The van der Waals surface area contributed by atoms with Gasteiger partial charge in [-0.25, -0.2) is 4.98 Å². The summed E-state index contributed by atoms with van der Waals surface area (Å²) in [5.74, 6) is 0.274. The van der Waals surface area contributed by atoms with Gasteiger partial charge in [0, 0.05) is 56.3 Å². The number of hydrogen-bond acceptors (Lipinski definition) is 9. The Bertz CT molecular complexity index is 1200. The quantitative estimate of drug-likeness (QED) is 0.384. The molecule has 0 unspecified atom stereocenters. The second-order valence-corrected chi connectivity index (χ2v) is 8.77. The Morgan fingerprint density at radius 1 is 1.00 bits per heavy atom. The molecule has 11 nitrogen and oxygen atoms in total. The van der Waals surface area contributed by atoms with Gasteiger partial charge < -0.3 is 9.80 Å². The van der Waals surface area contributed by atoms with Crippen molar-refractivity contribution in [2.75, 3.05) is 31.1 Å². The maximum Gasteiger partial charge on any atom is 0.277 e. The number of carbonyl (C=O) groups excluding carboxylic acids is 1. The number of nitro benzene ring substituents is 2. The van der Waals surface area contributed by atoms with Crippen molar-refractivity contribution < 1.29 is 14.6 Å². The third kappa shape index (κ3) is 5.34. The molecule has 1 aliphatic heterocycles. The van der Waals surface area contributed by atoms with Crippen LogP contribution < -0.4 is 4.90 Å². The number of aryl methyl sites for hydroxylation is 1. The molecule has 2 heterocycles. The highest BCUT2D eigenvalue weighted by molar-refractivity contribution is 7.09. The molecule has 1 fully saturated rings. The zero-order valence-electron chi connectivity index (χ0n) is 18.4. The summed E-state index contributed by atoms with van der Waals surface area (Å²) in [4.78, 5) is 42.1. The molecule has 0 spiro atoms. The van der Waals surface area contributed by atoms with Gasteiger partial charge in [0.25, 0.3) is 17.3 Å².